The Hall–Kier alpha value is -0.180. The fourth-order valence-corrected chi connectivity index (χ4v) is 4.08. The van der Waals surface area contributed by atoms with E-state index in [2.05, 4.69) is 18.7 Å². The van der Waals surface area contributed by atoms with Gasteiger partial charge in [-0.1, -0.05) is 6.92 Å². The molecule has 1 aliphatic heterocycles. The third-order valence-corrected chi connectivity index (χ3v) is 4.61. The van der Waals surface area contributed by atoms with Gasteiger partial charge in [-0.15, -0.1) is 0 Å². The SMILES string of the molecule is CC1CCC2C(C1)SCCN2C=O. The number of hydrogen-bond acceptors (Lipinski definition) is 2. The van der Waals surface area contributed by atoms with Crippen LogP contribution in [0.2, 0.25) is 0 Å². The standard InChI is InChI=1S/C10H17NOS/c1-8-2-3-9-10(6-8)13-5-4-11(9)7-12/h7-10H,2-6H2,1H3. The molecule has 0 aromatic heterocycles. The van der Waals surface area contributed by atoms with Gasteiger partial charge in [0, 0.05) is 23.6 Å². The van der Waals surface area contributed by atoms with Gasteiger partial charge in [-0.05, 0) is 25.2 Å². The molecule has 3 heteroatoms. The minimum atomic E-state index is 0.549. The molecule has 1 heterocycles. The maximum absolute atomic E-state index is 10.8. The average Bonchev–Trinajstić information content (AvgIpc) is 2.16. The normalized spacial score (nSPS) is 39.8. The summed E-state index contributed by atoms with van der Waals surface area (Å²) in [6.45, 7) is 3.29. The van der Waals surface area contributed by atoms with E-state index in [1.165, 1.54) is 19.3 Å². The Morgan fingerprint density at radius 2 is 2.31 bits per heavy atom. The number of fused-ring (bicyclic) bond motifs is 1. The van der Waals surface area contributed by atoms with Gasteiger partial charge in [0.05, 0.1) is 0 Å². The molecule has 2 nitrogen and oxygen atoms in total. The minimum Gasteiger partial charge on any atom is -0.340 e. The molecule has 1 saturated heterocycles. The molecule has 0 spiro atoms. The van der Waals surface area contributed by atoms with Crippen molar-refractivity contribution in [2.45, 2.75) is 37.5 Å². The van der Waals surface area contributed by atoms with E-state index in [9.17, 15) is 4.79 Å². The summed E-state index contributed by atoms with van der Waals surface area (Å²) in [4.78, 5) is 12.8. The highest BCUT2D eigenvalue weighted by Crippen LogP contribution is 2.37. The molecule has 2 rings (SSSR count). The van der Waals surface area contributed by atoms with Gasteiger partial charge in [0.25, 0.3) is 0 Å². The Labute approximate surface area is 84.1 Å². The largest absolute Gasteiger partial charge is 0.340 e. The van der Waals surface area contributed by atoms with E-state index < -0.39 is 0 Å². The van der Waals surface area contributed by atoms with E-state index in [1.807, 2.05) is 4.90 Å². The van der Waals surface area contributed by atoms with Crippen molar-refractivity contribution < 1.29 is 4.79 Å². The van der Waals surface area contributed by atoms with Crippen LogP contribution < -0.4 is 0 Å². The molecule has 2 fully saturated rings. The summed E-state index contributed by atoms with van der Waals surface area (Å²) in [6, 6.07) is 0.549. The number of rotatable bonds is 1. The highest BCUT2D eigenvalue weighted by molar-refractivity contribution is 8.00. The summed E-state index contributed by atoms with van der Waals surface area (Å²) in [6.07, 6.45) is 4.87. The van der Waals surface area contributed by atoms with Gasteiger partial charge in [0.1, 0.15) is 0 Å². The van der Waals surface area contributed by atoms with E-state index in [4.69, 9.17) is 0 Å². The second-order valence-corrected chi connectivity index (χ2v) is 5.59. The summed E-state index contributed by atoms with van der Waals surface area (Å²) in [7, 11) is 0. The van der Waals surface area contributed by atoms with Gasteiger partial charge in [-0.3, -0.25) is 4.79 Å². The van der Waals surface area contributed by atoms with E-state index in [0.717, 1.165) is 29.9 Å². The topological polar surface area (TPSA) is 20.3 Å². The lowest BCUT2D eigenvalue weighted by molar-refractivity contribution is -0.120. The van der Waals surface area contributed by atoms with E-state index in [1.54, 1.807) is 0 Å². The predicted molar refractivity (Wildman–Crippen MR) is 55.8 cm³/mol. The monoisotopic (exact) mass is 199 g/mol. The molecule has 0 aromatic carbocycles. The molecule has 0 N–H and O–H groups in total. The lowest BCUT2D eigenvalue weighted by Gasteiger charge is -2.43. The smallest absolute Gasteiger partial charge is 0.210 e. The van der Waals surface area contributed by atoms with Crippen molar-refractivity contribution >= 4 is 18.2 Å². The number of amides is 1. The van der Waals surface area contributed by atoms with Crippen molar-refractivity contribution in [2.24, 2.45) is 5.92 Å². The van der Waals surface area contributed by atoms with Crippen molar-refractivity contribution in [3.8, 4) is 0 Å². The number of hydrogen-bond donors (Lipinski definition) is 0. The molecule has 0 bridgehead atoms. The summed E-state index contributed by atoms with van der Waals surface area (Å²) >= 11 is 2.07. The Balaban J connectivity index is 2.03. The number of nitrogens with zero attached hydrogens (tertiary/aromatic N) is 1. The van der Waals surface area contributed by atoms with E-state index >= 15 is 0 Å². The fourth-order valence-electron chi connectivity index (χ4n) is 2.48. The van der Waals surface area contributed by atoms with Crippen LogP contribution in [0.25, 0.3) is 0 Å². The maximum atomic E-state index is 10.8. The van der Waals surface area contributed by atoms with Crippen molar-refractivity contribution in [3.63, 3.8) is 0 Å². The quantitative estimate of drug-likeness (QED) is 0.600. The maximum Gasteiger partial charge on any atom is 0.210 e. The van der Waals surface area contributed by atoms with Crippen LogP contribution in [0.5, 0.6) is 0 Å². The molecule has 0 aromatic rings. The first-order valence-corrected chi connectivity index (χ1v) is 6.19. The Morgan fingerprint density at radius 3 is 3.08 bits per heavy atom. The third-order valence-electron chi connectivity index (χ3n) is 3.26. The fraction of sp³-hybridized carbons (Fsp3) is 0.900. The van der Waals surface area contributed by atoms with Crippen LogP contribution >= 0.6 is 11.8 Å². The third kappa shape index (κ3) is 1.85. The lowest BCUT2D eigenvalue weighted by atomic mass is 9.86. The second kappa shape index (κ2) is 3.91. The van der Waals surface area contributed by atoms with Gasteiger partial charge < -0.3 is 4.90 Å². The van der Waals surface area contributed by atoms with Crippen molar-refractivity contribution in [3.05, 3.63) is 0 Å². The van der Waals surface area contributed by atoms with Crippen LogP contribution in [0.1, 0.15) is 26.2 Å². The molecule has 3 atom stereocenters. The van der Waals surface area contributed by atoms with Crippen LogP contribution in [-0.2, 0) is 4.79 Å². The highest BCUT2D eigenvalue weighted by Gasteiger charge is 2.35. The molecule has 0 radical (unpaired) electrons. The van der Waals surface area contributed by atoms with E-state index in [-0.39, 0.29) is 0 Å². The van der Waals surface area contributed by atoms with Gasteiger partial charge >= 0.3 is 0 Å². The molecular weight excluding hydrogens is 182 g/mol. The van der Waals surface area contributed by atoms with Gasteiger partial charge in [0.15, 0.2) is 0 Å². The number of thioether (sulfide) groups is 1. The summed E-state index contributed by atoms with van der Waals surface area (Å²) in [5.41, 5.74) is 0. The molecule has 74 valence electrons. The van der Waals surface area contributed by atoms with Crippen molar-refractivity contribution in [1.82, 2.24) is 4.90 Å². The zero-order chi connectivity index (χ0) is 9.26. The summed E-state index contributed by atoms with van der Waals surface area (Å²) in [5, 5.41) is 0.725. The Kier molecular flexibility index (Phi) is 2.82. The minimum absolute atomic E-state index is 0.549. The lowest BCUT2D eigenvalue weighted by Crippen LogP contribution is -2.49. The molecule has 3 unspecified atom stereocenters. The van der Waals surface area contributed by atoms with Crippen LogP contribution in [0.4, 0.5) is 0 Å². The predicted octanol–water partition coefficient (Wildman–Crippen LogP) is 1.75. The first kappa shape index (κ1) is 9.38. The van der Waals surface area contributed by atoms with Crippen molar-refractivity contribution in [1.29, 1.82) is 0 Å². The van der Waals surface area contributed by atoms with Crippen molar-refractivity contribution in [2.75, 3.05) is 12.3 Å². The number of carbonyl (C=O) groups is 1. The molecular formula is C10H17NOS. The Morgan fingerprint density at radius 1 is 1.46 bits per heavy atom. The first-order chi connectivity index (χ1) is 6.31. The second-order valence-electron chi connectivity index (χ2n) is 4.24. The van der Waals surface area contributed by atoms with Crippen LogP contribution in [0.15, 0.2) is 0 Å². The zero-order valence-corrected chi connectivity index (χ0v) is 8.93. The van der Waals surface area contributed by atoms with Gasteiger partial charge in [0.2, 0.25) is 6.41 Å². The average molecular weight is 199 g/mol. The van der Waals surface area contributed by atoms with Gasteiger partial charge in [-0.25, -0.2) is 0 Å². The number of carbonyl (C=O) groups excluding carboxylic acids is 1. The van der Waals surface area contributed by atoms with E-state index in [0.29, 0.717) is 6.04 Å². The van der Waals surface area contributed by atoms with Gasteiger partial charge in [-0.2, -0.15) is 11.8 Å². The molecule has 1 amide bonds. The first-order valence-electron chi connectivity index (χ1n) is 5.14. The molecule has 1 aliphatic carbocycles. The highest BCUT2D eigenvalue weighted by atomic mass is 32.2. The van der Waals surface area contributed by atoms with Crippen LogP contribution in [-0.4, -0.2) is 34.9 Å². The Bertz CT molecular complexity index is 197. The molecule has 2 aliphatic rings. The summed E-state index contributed by atoms with van der Waals surface area (Å²) in [5.74, 6) is 1.99. The van der Waals surface area contributed by atoms with Crippen LogP contribution in [0.3, 0.4) is 0 Å². The zero-order valence-electron chi connectivity index (χ0n) is 8.11. The summed E-state index contributed by atoms with van der Waals surface area (Å²) < 4.78 is 0. The molecule has 1 saturated carbocycles. The molecule has 13 heavy (non-hydrogen) atoms. The van der Waals surface area contributed by atoms with Crippen LogP contribution in [0, 0.1) is 5.92 Å².